The fourth-order valence-electron chi connectivity index (χ4n) is 7.01. The minimum atomic E-state index is -7.22. The van der Waals surface area contributed by atoms with E-state index in [0.717, 1.165) is 6.54 Å². The maximum atomic E-state index is 15.4. The van der Waals surface area contributed by atoms with Gasteiger partial charge in [0.2, 0.25) is 0 Å². The van der Waals surface area contributed by atoms with Crippen LogP contribution in [0.4, 0.5) is 92.2 Å². The van der Waals surface area contributed by atoms with E-state index in [9.17, 15) is 57.1 Å². The van der Waals surface area contributed by atoms with Gasteiger partial charge in [0, 0.05) is 11.1 Å². The molecule has 6 aromatic carbocycles. The normalized spacial score (nSPS) is 11.5. The minimum Gasteiger partial charge on any atom is -0.244 e. The monoisotopic (exact) mass is 944 g/mol. The summed E-state index contributed by atoms with van der Waals surface area (Å²) in [6.45, 7) is 0.741. The average molecular weight is 944 g/mol. The largest absolute Gasteiger partial charge is 0.244 e. The van der Waals surface area contributed by atoms with Crippen molar-refractivity contribution >= 4 is 28.0 Å². The molecule has 0 aliphatic rings. The first-order valence-corrected chi connectivity index (χ1v) is 17.4. The van der Waals surface area contributed by atoms with E-state index in [-0.39, 0.29) is 5.82 Å². The highest BCUT2D eigenvalue weighted by Gasteiger charge is 2.52. The van der Waals surface area contributed by atoms with Crippen molar-refractivity contribution in [1.29, 1.82) is 0 Å². The maximum Gasteiger partial charge on any atom is 0.200 e. The van der Waals surface area contributed by atoms with Crippen molar-refractivity contribution in [3.8, 4) is 11.3 Å². The number of halogens is 21. The summed E-state index contributed by atoms with van der Waals surface area (Å²) in [7, 11) is 0. The van der Waals surface area contributed by atoms with E-state index < -0.39 is 144 Å². The lowest BCUT2D eigenvalue weighted by molar-refractivity contribution is -0.688. The van der Waals surface area contributed by atoms with Crippen molar-refractivity contribution in [3.63, 3.8) is 0 Å². The van der Waals surface area contributed by atoms with Gasteiger partial charge in [-0.3, -0.25) is 0 Å². The van der Waals surface area contributed by atoms with Crippen LogP contribution in [0.1, 0.15) is 5.56 Å². The van der Waals surface area contributed by atoms with Gasteiger partial charge in [0.05, 0.1) is 6.20 Å². The second-order valence-corrected chi connectivity index (χ2v) is 13.4. The molecule has 0 amide bonds. The molecule has 65 heavy (non-hydrogen) atoms. The van der Waals surface area contributed by atoms with Crippen LogP contribution >= 0.6 is 0 Å². The summed E-state index contributed by atoms with van der Waals surface area (Å²) in [5.41, 5.74) is -12.0. The third kappa shape index (κ3) is 7.66. The second kappa shape index (κ2) is 17.9. The van der Waals surface area contributed by atoms with E-state index in [2.05, 4.69) is 17.1 Å². The smallest absolute Gasteiger partial charge is 0.200 e. The number of benzene rings is 6. The Bertz CT molecular complexity index is 2660. The lowest BCUT2D eigenvalue weighted by Gasteiger charge is -2.44. The van der Waals surface area contributed by atoms with Crippen molar-refractivity contribution in [1.82, 2.24) is 4.98 Å². The molecule has 0 aliphatic heterocycles. The SMILES string of the molecule is Fc1c(F)c(F)c([B-](c2c(F)c(F)c(F)c(F)c2F)(c2c(F)c(F)c(F)c(F)c2F)c2c(F)c(F)c(F)c(F)c2F)c(F)c1F.Fc1ccccc1-c1c[n+](Cc2ccccc2)ccn1. The van der Waals surface area contributed by atoms with Crippen molar-refractivity contribution in [2.24, 2.45) is 0 Å². The molecule has 0 bridgehead atoms. The van der Waals surface area contributed by atoms with Crippen LogP contribution in [0.2, 0.25) is 0 Å². The summed E-state index contributed by atoms with van der Waals surface area (Å²) < 4.78 is 310. The number of rotatable bonds is 7. The summed E-state index contributed by atoms with van der Waals surface area (Å²) in [5.74, 6) is -71.7. The molecule has 7 rings (SSSR count). The minimum absolute atomic E-state index is 0.252. The summed E-state index contributed by atoms with van der Waals surface area (Å²) in [5, 5.41) is 0. The Balaban J connectivity index is 0.000000289. The molecule has 338 valence electrons. The third-order valence-corrected chi connectivity index (χ3v) is 9.82. The average Bonchev–Trinajstić information content (AvgIpc) is 3.29. The molecule has 0 saturated heterocycles. The van der Waals surface area contributed by atoms with Crippen LogP contribution in [0.5, 0.6) is 0 Å². The Kier molecular flexibility index (Phi) is 13.1. The molecule has 7 aromatic rings. The Morgan fingerprint density at radius 2 is 0.646 bits per heavy atom. The molecule has 0 fully saturated rings. The van der Waals surface area contributed by atoms with Crippen molar-refractivity contribution in [2.45, 2.75) is 6.54 Å². The number of hydrogen-bond acceptors (Lipinski definition) is 1. The van der Waals surface area contributed by atoms with Crippen LogP contribution in [0.15, 0.2) is 73.2 Å². The van der Waals surface area contributed by atoms with Crippen LogP contribution in [-0.4, -0.2) is 11.1 Å². The van der Waals surface area contributed by atoms with Crippen LogP contribution in [0.3, 0.4) is 0 Å². The Labute approximate surface area is 348 Å². The quantitative estimate of drug-likeness (QED) is 0.0513. The highest BCUT2D eigenvalue weighted by atomic mass is 19.2. The van der Waals surface area contributed by atoms with Crippen molar-refractivity contribution in [2.75, 3.05) is 0 Å². The number of hydrogen-bond donors (Lipinski definition) is 0. The molecule has 1 aromatic heterocycles. The highest BCUT2D eigenvalue weighted by molar-refractivity contribution is 7.20. The predicted molar refractivity (Wildman–Crippen MR) is 185 cm³/mol. The van der Waals surface area contributed by atoms with E-state index in [4.69, 9.17) is 0 Å². The molecule has 2 nitrogen and oxygen atoms in total. The zero-order valence-corrected chi connectivity index (χ0v) is 31.0. The fraction of sp³-hybridized carbons (Fsp3) is 0.0244. The van der Waals surface area contributed by atoms with Gasteiger partial charge < -0.3 is 0 Å². The van der Waals surface area contributed by atoms with Gasteiger partial charge in [-0.2, -0.15) is 4.57 Å². The maximum absolute atomic E-state index is 15.4. The summed E-state index contributed by atoms with van der Waals surface area (Å²) >= 11 is 0. The lowest BCUT2D eigenvalue weighted by Crippen LogP contribution is -2.81. The number of aromatic nitrogens is 2. The van der Waals surface area contributed by atoms with Gasteiger partial charge in [-0.15, -0.1) is 21.9 Å². The van der Waals surface area contributed by atoms with Gasteiger partial charge >= 0.3 is 0 Å². The molecule has 1 heterocycles. The molecule has 0 spiro atoms. The summed E-state index contributed by atoms with van der Waals surface area (Å²) in [6, 6.07) is 16.8. The van der Waals surface area contributed by atoms with Gasteiger partial charge in [0.25, 0.3) is 0 Å². The second-order valence-electron chi connectivity index (χ2n) is 13.4. The zero-order chi connectivity index (χ0) is 48.1. The zero-order valence-electron chi connectivity index (χ0n) is 31.0. The van der Waals surface area contributed by atoms with Crippen LogP contribution in [0, 0.1) is 122 Å². The van der Waals surface area contributed by atoms with E-state index in [1.807, 2.05) is 41.2 Å². The Morgan fingerprint density at radius 3 is 0.969 bits per heavy atom. The standard InChI is InChI=1S/C24BF20.C17H14FN2/c26-5-1(6(27)14(35)21(42)13(5)34)25(2-7(28)15(36)22(43)16(37)8(2)29,3-9(30)17(38)23(44)18(39)10(3)31)4-11(32)19(40)24(45)20(41)12(4)33;18-16-9-5-4-8-15(16)17-13-20(11-10-19-17)12-14-6-2-1-3-7-14/h;1-11,13H,12H2/q-1;+1. The first-order chi connectivity index (χ1) is 30.5. The van der Waals surface area contributed by atoms with Crippen molar-refractivity contribution in [3.05, 3.63) is 201 Å². The van der Waals surface area contributed by atoms with Gasteiger partial charge in [-0.25, -0.2) is 97.2 Å². The van der Waals surface area contributed by atoms with E-state index in [1.54, 1.807) is 18.3 Å². The summed E-state index contributed by atoms with van der Waals surface area (Å²) in [4.78, 5) is 4.25. The highest BCUT2D eigenvalue weighted by Crippen LogP contribution is 2.31. The van der Waals surface area contributed by atoms with Crippen LogP contribution < -0.4 is 26.4 Å². The molecule has 0 saturated carbocycles. The molecule has 0 radical (unpaired) electrons. The van der Waals surface area contributed by atoms with Gasteiger partial charge in [0.1, 0.15) is 64.2 Å². The van der Waals surface area contributed by atoms with E-state index in [1.165, 1.54) is 11.6 Å². The molecular formula is C41H14BF21N2. The van der Waals surface area contributed by atoms with Crippen LogP contribution in [-0.2, 0) is 6.54 Å². The molecule has 0 unspecified atom stereocenters. The van der Waals surface area contributed by atoms with Crippen molar-refractivity contribution < 1.29 is 96.8 Å². The van der Waals surface area contributed by atoms with Gasteiger partial charge in [-0.1, -0.05) is 42.5 Å². The van der Waals surface area contributed by atoms with E-state index in [0.29, 0.717) is 11.3 Å². The Morgan fingerprint density at radius 1 is 0.354 bits per heavy atom. The molecule has 0 atom stereocenters. The molecular weight excluding hydrogens is 930 g/mol. The van der Waals surface area contributed by atoms with E-state index >= 15 is 35.1 Å². The third-order valence-electron chi connectivity index (χ3n) is 9.82. The Hall–Kier alpha value is -7.01. The fourth-order valence-corrected chi connectivity index (χ4v) is 7.01. The molecule has 24 heteroatoms. The van der Waals surface area contributed by atoms with Crippen LogP contribution in [0.25, 0.3) is 11.3 Å². The van der Waals surface area contributed by atoms with Gasteiger partial charge in [-0.05, 0) is 12.1 Å². The lowest BCUT2D eigenvalue weighted by atomic mass is 9.12. The molecule has 0 N–H and O–H groups in total. The number of nitrogens with zero attached hydrogens (tertiary/aromatic N) is 2. The molecule has 0 aliphatic carbocycles. The topological polar surface area (TPSA) is 16.8 Å². The summed E-state index contributed by atoms with van der Waals surface area (Å²) in [6.07, 6.45) is -1.77. The first-order valence-electron chi connectivity index (χ1n) is 17.4. The van der Waals surface area contributed by atoms with Gasteiger partial charge in [0.15, 0.2) is 88.7 Å². The predicted octanol–water partition coefficient (Wildman–Crippen LogP) is 9.07. The first kappa shape index (κ1) is 47.5.